The number of methoxy groups -OCH3 is 1. The summed E-state index contributed by atoms with van der Waals surface area (Å²) in [6.45, 7) is 0.594. The number of para-hydroxylation sites is 1. The van der Waals surface area contributed by atoms with Gasteiger partial charge in [0, 0.05) is 0 Å². The highest BCUT2D eigenvalue weighted by Gasteiger charge is 2.05. The lowest BCUT2D eigenvalue weighted by molar-refractivity contribution is 0.171. The molecule has 0 saturated heterocycles. The maximum atomic E-state index is 8.88. The second-order valence-electron chi connectivity index (χ2n) is 3.58. The SMILES string of the molecule is COc1ccccc1CCNC(CO)CO. The van der Waals surface area contributed by atoms with Crippen molar-refractivity contribution in [1.29, 1.82) is 0 Å². The first-order valence-electron chi connectivity index (χ1n) is 5.38. The van der Waals surface area contributed by atoms with E-state index in [-0.39, 0.29) is 19.3 Å². The fourth-order valence-electron chi connectivity index (χ4n) is 1.51. The number of benzene rings is 1. The summed E-state index contributed by atoms with van der Waals surface area (Å²) in [5.74, 6) is 0.869. The largest absolute Gasteiger partial charge is 0.496 e. The minimum Gasteiger partial charge on any atom is -0.496 e. The molecule has 0 amide bonds. The van der Waals surface area contributed by atoms with Crippen LogP contribution >= 0.6 is 0 Å². The van der Waals surface area contributed by atoms with Crippen LogP contribution in [0.25, 0.3) is 0 Å². The molecule has 0 spiro atoms. The summed E-state index contributed by atoms with van der Waals surface area (Å²) in [6.07, 6.45) is 0.806. The van der Waals surface area contributed by atoms with Crippen LogP contribution in [0.2, 0.25) is 0 Å². The van der Waals surface area contributed by atoms with Crippen molar-refractivity contribution in [1.82, 2.24) is 5.32 Å². The fraction of sp³-hybridized carbons (Fsp3) is 0.500. The van der Waals surface area contributed by atoms with Crippen molar-refractivity contribution in [2.45, 2.75) is 12.5 Å². The molecule has 0 aliphatic heterocycles. The van der Waals surface area contributed by atoms with Gasteiger partial charge < -0.3 is 20.3 Å². The molecule has 0 heterocycles. The van der Waals surface area contributed by atoms with Gasteiger partial charge in [-0.15, -0.1) is 0 Å². The van der Waals surface area contributed by atoms with E-state index in [1.807, 2.05) is 24.3 Å². The predicted octanol–water partition coefficient (Wildman–Crippen LogP) is 0.181. The molecule has 16 heavy (non-hydrogen) atoms. The van der Waals surface area contributed by atoms with Crippen LogP contribution in [0.15, 0.2) is 24.3 Å². The summed E-state index contributed by atoms with van der Waals surface area (Å²) in [5, 5.41) is 20.8. The van der Waals surface area contributed by atoms with Gasteiger partial charge in [-0.1, -0.05) is 18.2 Å². The molecule has 3 N–H and O–H groups in total. The van der Waals surface area contributed by atoms with Crippen molar-refractivity contribution in [3.05, 3.63) is 29.8 Å². The Kier molecular flexibility index (Phi) is 5.85. The maximum absolute atomic E-state index is 8.88. The Morgan fingerprint density at radius 3 is 2.56 bits per heavy atom. The van der Waals surface area contributed by atoms with Crippen molar-refractivity contribution >= 4 is 0 Å². The van der Waals surface area contributed by atoms with Crippen LogP contribution in [0.5, 0.6) is 5.75 Å². The summed E-state index contributed by atoms with van der Waals surface area (Å²) in [5.41, 5.74) is 1.12. The molecule has 1 aromatic carbocycles. The van der Waals surface area contributed by atoms with Gasteiger partial charge in [0.15, 0.2) is 0 Å². The van der Waals surface area contributed by atoms with Gasteiger partial charge in [-0.05, 0) is 24.6 Å². The van der Waals surface area contributed by atoms with Crippen LogP contribution in [0.3, 0.4) is 0 Å². The summed E-state index contributed by atoms with van der Waals surface area (Å²) < 4.78 is 5.23. The number of aliphatic hydroxyl groups excluding tert-OH is 2. The van der Waals surface area contributed by atoms with E-state index in [0.29, 0.717) is 6.54 Å². The number of hydrogen-bond acceptors (Lipinski definition) is 4. The number of ether oxygens (including phenoxy) is 1. The Bertz CT molecular complexity index is 300. The second kappa shape index (κ2) is 7.22. The minimum atomic E-state index is -0.241. The number of aliphatic hydroxyl groups is 2. The molecule has 0 aliphatic carbocycles. The zero-order valence-corrected chi connectivity index (χ0v) is 9.52. The first-order valence-corrected chi connectivity index (χ1v) is 5.38. The van der Waals surface area contributed by atoms with Gasteiger partial charge in [-0.2, -0.15) is 0 Å². The highest BCUT2D eigenvalue weighted by molar-refractivity contribution is 5.33. The molecule has 0 aliphatic rings. The van der Waals surface area contributed by atoms with E-state index < -0.39 is 0 Å². The summed E-state index contributed by atoms with van der Waals surface area (Å²) in [6, 6.07) is 7.58. The standard InChI is InChI=1S/C12H19NO3/c1-16-12-5-3-2-4-10(12)6-7-13-11(8-14)9-15/h2-5,11,13-15H,6-9H2,1H3. The number of rotatable bonds is 7. The van der Waals surface area contributed by atoms with E-state index in [1.54, 1.807) is 7.11 Å². The Hall–Kier alpha value is -1.10. The third-order valence-corrected chi connectivity index (χ3v) is 2.46. The molecular formula is C12H19NO3. The van der Waals surface area contributed by atoms with Crippen molar-refractivity contribution in [2.24, 2.45) is 0 Å². The van der Waals surface area contributed by atoms with Gasteiger partial charge in [-0.25, -0.2) is 0 Å². The quantitative estimate of drug-likeness (QED) is 0.619. The highest BCUT2D eigenvalue weighted by atomic mass is 16.5. The van der Waals surface area contributed by atoms with Crippen LogP contribution < -0.4 is 10.1 Å². The minimum absolute atomic E-state index is 0.0532. The molecule has 0 aromatic heterocycles. The van der Waals surface area contributed by atoms with Crippen LogP contribution in [-0.2, 0) is 6.42 Å². The van der Waals surface area contributed by atoms with Crippen LogP contribution in [0, 0.1) is 0 Å². The van der Waals surface area contributed by atoms with E-state index in [9.17, 15) is 0 Å². The Morgan fingerprint density at radius 1 is 1.25 bits per heavy atom. The zero-order valence-electron chi connectivity index (χ0n) is 9.52. The van der Waals surface area contributed by atoms with E-state index in [1.165, 1.54) is 0 Å². The number of nitrogens with one attached hydrogen (secondary N) is 1. The van der Waals surface area contributed by atoms with Crippen molar-refractivity contribution in [3.8, 4) is 5.75 Å². The van der Waals surface area contributed by atoms with Crippen LogP contribution in [-0.4, -0.2) is 43.1 Å². The first kappa shape index (κ1) is 13.0. The average Bonchev–Trinajstić information content (AvgIpc) is 2.35. The third-order valence-electron chi connectivity index (χ3n) is 2.46. The molecule has 1 aromatic rings. The molecule has 0 bridgehead atoms. The molecule has 4 heteroatoms. The van der Waals surface area contributed by atoms with Crippen molar-refractivity contribution < 1.29 is 14.9 Å². The van der Waals surface area contributed by atoms with Gasteiger partial charge in [0.25, 0.3) is 0 Å². The third kappa shape index (κ3) is 3.81. The average molecular weight is 225 g/mol. The molecule has 0 radical (unpaired) electrons. The molecule has 0 unspecified atom stereocenters. The van der Waals surface area contributed by atoms with E-state index in [0.717, 1.165) is 17.7 Å². The monoisotopic (exact) mass is 225 g/mol. The van der Waals surface area contributed by atoms with Gasteiger partial charge in [-0.3, -0.25) is 0 Å². The Labute approximate surface area is 95.9 Å². The van der Waals surface area contributed by atoms with Crippen molar-refractivity contribution in [3.63, 3.8) is 0 Å². The molecule has 90 valence electrons. The molecule has 0 saturated carbocycles. The molecule has 0 atom stereocenters. The van der Waals surface area contributed by atoms with E-state index in [2.05, 4.69) is 5.32 Å². The molecule has 0 fully saturated rings. The fourth-order valence-corrected chi connectivity index (χ4v) is 1.51. The molecule has 1 rings (SSSR count). The maximum Gasteiger partial charge on any atom is 0.122 e. The topological polar surface area (TPSA) is 61.7 Å². The van der Waals surface area contributed by atoms with E-state index in [4.69, 9.17) is 14.9 Å². The van der Waals surface area contributed by atoms with E-state index >= 15 is 0 Å². The lowest BCUT2D eigenvalue weighted by atomic mass is 10.1. The smallest absolute Gasteiger partial charge is 0.122 e. The van der Waals surface area contributed by atoms with Crippen LogP contribution in [0.1, 0.15) is 5.56 Å². The van der Waals surface area contributed by atoms with Gasteiger partial charge in [0.05, 0.1) is 26.4 Å². The Morgan fingerprint density at radius 2 is 1.94 bits per heavy atom. The normalized spacial score (nSPS) is 10.8. The van der Waals surface area contributed by atoms with Gasteiger partial charge in [0.2, 0.25) is 0 Å². The zero-order chi connectivity index (χ0) is 11.8. The molecule has 4 nitrogen and oxygen atoms in total. The first-order chi connectivity index (χ1) is 7.81. The van der Waals surface area contributed by atoms with Gasteiger partial charge in [0.1, 0.15) is 5.75 Å². The molecular weight excluding hydrogens is 206 g/mol. The van der Waals surface area contributed by atoms with Gasteiger partial charge >= 0.3 is 0 Å². The van der Waals surface area contributed by atoms with Crippen LogP contribution in [0.4, 0.5) is 0 Å². The summed E-state index contributed by atoms with van der Waals surface area (Å²) >= 11 is 0. The summed E-state index contributed by atoms with van der Waals surface area (Å²) in [4.78, 5) is 0. The number of hydrogen-bond donors (Lipinski definition) is 3. The van der Waals surface area contributed by atoms with Crippen molar-refractivity contribution in [2.75, 3.05) is 26.9 Å². The Balaban J connectivity index is 2.42. The lowest BCUT2D eigenvalue weighted by Gasteiger charge is -2.14. The lowest BCUT2D eigenvalue weighted by Crippen LogP contribution is -2.36. The highest BCUT2D eigenvalue weighted by Crippen LogP contribution is 2.17. The summed E-state index contributed by atoms with van der Waals surface area (Å²) in [7, 11) is 1.65. The second-order valence-corrected chi connectivity index (χ2v) is 3.58. The predicted molar refractivity (Wildman–Crippen MR) is 62.7 cm³/mol.